The average Bonchev–Trinajstić information content (AvgIpc) is 2.96. The van der Waals surface area contributed by atoms with Crippen molar-refractivity contribution in [1.29, 1.82) is 0 Å². The van der Waals surface area contributed by atoms with Gasteiger partial charge in [-0.15, -0.1) is 0 Å². The van der Waals surface area contributed by atoms with Crippen LogP contribution in [0.3, 0.4) is 0 Å². The van der Waals surface area contributed by atoms with Crippen LogP contribution in [0.4, 0.5) is 5.69 Å². The van der Waals surface area contributed by atoms with E-state index in [1.54, 1.807) is 17.0 Å². The molecule has 0 aromatic heterocycles. The van der Waals surface area contributed by atoms with Crippen molar-refractivity contribution in [2.75, 3.05) is 25.0 Å². The van der Waals surface area contributed by atoms with Gasteiger partial charge in [0.25, 0.3) is 10.0 Å². The maximum Gasteiger partial charge on any atom is 0.262 e. The zero-order valence-electron chi connectivity index (χ0n) is 16.7. The molecular weight excluding hydrogens is 392 g/mol. The number of hydrogen-bond donors (Lipinski definition) is 2. The second kappa shape index (κ2) is 9.39. The van der Waals surface area contributed by atoms with Crippen LogP contribution in [0.25, 0.3) is 0 Å². The number of carbonyl (C=O) groups is 2. The molecule has 2 aliphatic heterocycles. The predicted molar refractivity (Wildman–Crippen MR) is 111 cm³/mol. The van der Waals surface area contributed by atoms with Crippen molar-refractivity contribution < 1.29 is 18.0 Å². The quantitative estimate of drug-likeness (QED) is 0.778. The number of carbonyl (C=O) groups excluding carboxylic acids is 2. The number of rotatable bonds is 4. The Labute approximate surface area is 171 Å². The summed E-state index contributed by atoms with van der Waals surface area (Å²) in [5.41, 5.74) is 0.417. The van der Waals surface area contributed by atoms with Gasteiger partial charge in [-0.2, -0.15) is 0 Å². The van der Waals surface area contributed by atoms with E-state index in [1.165, 1.54) is 19.1 Å². The van der Waals surface area contributed by atoms with Crippen LogP contribution in [0, 0.1) is 5.92 Å². The molecule has 29 heavy (non-hydrogen) atoms. The minimum absolute atomic E-state index is 0.0388. The standard InChI is InChI=1S/C20H28N4O4S/c1-15(25)24-12-6-7-16(14-24)20(26)22-17-8-5-9-18(13-17)29(27,28)23-19-10-3-2-4-11-21-19/h5,8-9,13,16H,2-4,6-7,10-12,14H2,1H3,(H,21,23)(H,22,26)/t16-/m1/s1. The molecule has 0 saturated carbocycles. The minimum atomic E-state index is -3.76. The van der Waals surface area contributed by atoms with Gasteiger partial charge in [-0.1, -0.05) is 12.5 Å². The molecule has 8 nitrogen and oxygen atoms in total. The van der Waals surface area contributed by atoms with Crippen molar-refractivity contribution in [2.24, 2.45) is 10.9 Å². The zero-order valence-corrected chi connectivity index (χ0v) is 17.5. The van der Waals surface area contributed by atoms with Crippen molar-refractivity contribution in [3.63, 3.8) is 0 Å². The van der Waals surface area contributed by atoms with Gasteiger partial charge < -0.3 is 10.2 Å². The Balaban J connectivity index is 1.68. The molecule has 2 amide bonds. The Morgan fingerprint density at radius 3 is 2.79 bits per heavy atom. The number of nitrogens with one attached hydrogen (secondary N) is 2. The summed E-state index contributed by atoms with van der Waals surface area (Å²) in [6.45, 7) is 3.19. The van der Waals surface area contributed by atoms with Crippen LogP contribution in [0.1, 0.15) is 45.4 Å². The van der Waals surface area contributed by atoms with Gasteiger partial charge in [0, 0.05) is 38.7 Å². The molecular formula is C20H28N4O4S. The monoisotopic (exact) mass is 420 g/mol. The van der Waals surface area contributed by atoms with E-state index < -0.39 is 10.0 Å². The van der Waals surface area contributed by atoms with Crippen LogP contribution in [0.15, 0.2) is 34.2 Å². The van der Waals surface area contributed by atoms with E-state index in [9.17, 15) is 18.0 Å². The molecule has 2 N–H and O–H groups in total. The van der Waals surface area contributed by atoms with E-state index in [0.717, 1.165) is 25.7 Å². The fourth-order valence-corrected chi connectivity index (χ4v) is 4.77. The highest BCUT2D eigenvalue weighted by Gasteiger charge is 2.27. The molecule has 0 unspecified atom stereocenters. The van der Waals surface area contributed by atoms with Gasteiger partial charge in [0.2, 0.25) is 11.8 Å². The van der Waals surface area contributed by atoms with Crippen molar-refractivity contribution >= 4 is 33.4 Å². The lowest BCUT2D eigenvalue weighted by Gasteiger charge is -2.31. The fourth-order valence-electron chi connectivity index (χ4n) is 3.63. The third kappa shape index (κ3) is 5.79. The summed E-state index contributed by atoms with van der Waals surface area (Å²) in [6, 6.07) is 6.20. The number of anilines is 1. The Hall–Kier alpha value is -2.42. The smallest absolute Gasteiger partial charge is 0.262 e. The SMILES string of the molecule is CC(=O)N1CCC[C@@H](C(=O)Nc2cccc(S(=O)(=O)NC3=NCCCCC3)c2)C1. The highest BCUT2D eigenvalue weighted by atomic mass is 32.2. The normalized spacial score (nSPS) is 20.4. The maximum atomic E-state index is 12.7. The molecule has 158 valence electrons. The molecule has 0 spiro atoms. The number of amides is 2. The van der Waals surface area contributed by atoms with Gasteiger partial charge in [0.05, 0.1) is 10.8 Å². The van der Waals surface area contributed by atoms with E-state index in [2.05, 4.69) is 15.0 Å². The summed E-state index contributed by atoms with van der Waals surface area (Å²) in [4.78, 5) is 30.3. The minimum Gasteiger partial charge on any atom is -0.342 e. The number of sulfonamides is 1. The van der Waals surface area contributed by atoms with Crippen LogP contribution in [-0.2, 0) is 19.6 Å². The van der Waals surface area contributed by atoms with Crippen LogP contribution >= 0.6 is 0 Å². The van der Waals surface area contributed by atoms with Crippen molar-refractivity contribution in [3.8, 4) is 0 Å². The van der Waals surface area contributed by atoms with Crippen molar-refractivity contribution in [1.82, 2.24) is 9.62 Å². The molecule has 1 atom stereocenters. The van der Waals surface area contributed by atoms with Gasteiger partial charge in [-0.05, 0) is 43.9 Å². The molecule has 1 aromatic carbocycles. The van der Waals surface area contributed by atoms with Crippen LogP contribution in [-0.4, -0.2) is 50.6 Å². The lowest BCUT2D eigenvalue weighted by molar-refractivity contribution is -0.132. The lowest BCUT2D eigenvalue weighted by Crippen LogP contribution is -2.42. The van der Waals surface area contributed by atoms with E-state index in [1.807, 2.05) is 0 Å². The van der Waals surface area contributed by atoms with Crippen molar-refractivity contribution in [2.45, 2.75) is 50.3 Å². The highest BCUT2D eigenvalue weighted by molar-refractivity contribution is 7.90. The van der Waals surface area contributed by atoms with E-state index in [-0.39, 0.29) is 22.6 Å². The Bertz CT molecular complexity index is 897. The second-order valence-electron chi connectivity index (χ2n) is 7.57. The molecule has 1 fully saturated rings. The summed E-state index contributed by atoms with van der Waals surface area (Å²) in [5.74, 6) is -0.0513. The van der Waals surface area contributed by atoms with Crippen LogP contribution in [0.2, 0.25) is 0 Å². The second-order valence-corrected chi connectivity index (χ2v) is 9.25. The number of benzene rings is 1. The summed E-state index contributed by atoms with van der Waals surface area (Å²) >= 11 is 0. The van der Waals surface area contributed by atoms with Crippen LogP contribution in [0.5, 0.6) is 0 Å². The average molecular weight is 421 g/mol. The first-order valence-corrected chi connectivity index (χ1v) is 11.6. The molecule has 9 heteroatoms. The summed E-state index contributed by atoms with van der Waals surface area (Å²) in [7, 11) is -3.76. The Kier molecular flexibility index (Phi) is 6.89. The van der Waals surface area contributed by atoms with Crippen LogP contribution < -0.4 is 10.0 Å². The van der Waals surface area contributed by atoms with Gasteiger partial charge in [-0.3, -0.25) is 19.3 Å². The first-order valence-electron chi connectivity index (χ1n) is 10.1. The number of aliphatic imine (C=N–C) groups is 1. The Morgan fingerprint density at radius 1 is 1.17 bits per heavy atom. The van der Waals surface area contributed by atoms with Gasteiger partial charge in [0.1, 0.15) is 5.84 Å². The zero-order chi connectivity index (χ0) is 20.9. The summed E-state index contributed by atoms with van der Waals surface area (Å²) in [5, 5.41) is 2.80. The lowest BCUT2D eigenvalue weighted by atomic mass is 9.97. The number of amidine groups is 1. The number of nitrogens with zero attached hydrogens (tertiary/aromatic N) is 2. The molecule has 2 aliphatic rings. The first-order chi connectivity index (χ1) is 13.8. The first kappa shape index (κ1) is 21.3. The molecule has 0 bridgehead atoms. The molecule has 0 radical (unpaired) electrons. The van der Waals surface area contributed by atoms with E-state index >= 15 is 0 Å². The van der Waals surface area contributed by atoms with Gasteiger partial charge in [-0.25, -0.2) is 8.42 Å². The van der Waals surface area contributed by atoms with E-state index in [0.29, 0.717) is 44.0 Å². The molecule has 1 aromatic rings. The molecule has 3 rings (SSSR count). The fraction of sp³-hybridized carbons (Fsp3) is 0.550. The molecule has 2 heterocycles. The molecule has 1 saturated heterocycles. The van der Waals surface area contributed by atoms with Crippen molar-refractivity contribution in [3.05, 3.63) is 24.3 Å². The van der Waals surface area contributed by atoms with Gasteiger partial charge in [0.15, 0.2) is 0 Å². The van der Waals surface area contributed by atoms with E-state index in [4.69, 9.17) is 0 Å². The number of likely N-dealkylation sites (tertiary alicyclic amines) is 1. The number of piperidine rings is 1. The molecule has 0 aliphatic carbocycles. The third-order valence-corrected chi connectivity index (χ3v) is 6.65. The summed E-state index contributed by atoms with van der Waals surface area (Å²) in [6.07, 6.45) is 5.01. The maximum absolute atomic E-state index is 12.7. The summed E-state index contributed by atoms with van der Waals surface area (Å²) < 4.78 is 28.0. The Morgan fingerprint density at radius 2 is 2.00 bits per heavy atom. The largest absolute Gasteiger partial charge is 0.342 e. The third-order valence-electron chi connectivity index (χ3n) is 5.28. The topological polar surface area (TPSA) is 108 Å². The highest BCUT2D eigenvalue weighted by Crippen LogP contribution is 2.21. The predicted octanol–water partition coefficient (Wildman–Crippen LogP) is 2.13. The van der Waals surface area contributed by atoms with Gasteiger partial charge >= 0.3 is 0 Å². The number of hydrogen-bond acceptors (Lipinski definition) is 5.